The first-order chi connectivity index (χ1) is 6.34. The lowest BCUT2D eigenvalue weighted by Crippen LogP contribution is -1.79. The van der Waals surface area contributed by atoms with Crippen LogP contribution in [0.1, 0.15) is 58.3 Å². The van der Waals surface area contributed by atoms with E-state index in [9.17, 15) is 4.39 Å². The van der Waals surface area contributed by atoms with E-state index in [0.29, 0.717) is 5.92 Å². The highest BCUT2D eigenvalue weighted by atomic mass is 19.1. The van der Waals surface area contributed by atoms with Gasteiger partial charge < -0.3 is 0 Å². The molecule has 0 radical (unpaired) electrons. The van der Waals surface area contributed by atoms with Crippen molar-refractivity contribution in [1.29, 1.82) is 0 Å². The van der Waals surface area contributed by atoms with Crippen molar-refractivity contribution in [3.05, 3.63) is 11.9 Å². The van der Waals surface area contributed by atoms with E-state index in [2.05, 4.69) is 6.92 Å². The number of unbranched alkanes of at least 4 members (excludes halogenated alkanes) is 5. The van der Waals surface area contributed by atoms with Gasteiger partial charge >= 0.3 is 0 Å². The van der Waals surface area contributed by atoms with E-state index in [4.69, 9.17) is 0 Å². The quantitative estimate of drug-likeness (QED) is 0.507. The van der Waals surface area contributed by atoms with Crippen LogP contribution in [-0.2, 0) is 0 Å². The minimum Gasteiger partial charge on any atom is -0.212 e. The molecule has 0 atom stereocenters. The largest absolute Gasteiger partial charge is 0.212 e. The second-order valence-corrected chi connectivity index (χ2v) is 4.07. The van der Waals surface area contributed by atoms with Crippen molar-refractivity contribution in [2.45, 2.75) is 58.3 Å². The molecule has 0 heterocycles. The number of halogens is 1. The van der Waals surface area contributed by atoms with Crippen LogP contribution >= 0.6 is 0 Å². The maximum absolute atomic E-state index is 13.0. The van der Waals surface area contributed by atoms with Crippen LogP contribution in [0, 0.1) is 5.92 Å². The molecule has 0 aromatic heterocycles. The van der Waals surface area contributed by atoms with Gasteiger partial charge in [-0.2, -0.15) is 0 Å². The highest BCUT2D eigenvalue weighted by molar-refractivity contribution is 5.03. The minimum absolute atomic E-state index is 0.162. The zero-order valence-corrected chi connectivity index (χ0v) is 8.69. The van der Waals surface area contributed by atoms with Crippen LogP contribution in [0.5, 0.6) is 0 Å². The van der Waals surface area contributed by atoms with Gasteiger partial charge in [0.1, 0.15) is 0 Å². The van der Waals surface area contributed by atoms with Crippen molar-refractivity contribution in [3.63, 3.8) is 0 Å². The smallest absolute Gasteiger partial charge is 0.0990 e. The van der Waals surface area contributed by atoms with Gasteiger partial charge in [-0.25, -0.2) is 4.39 Å². The summed E-state index contributed by atoms with van der Waals surface area (Å²) in [5.41, 5.74) is 0. The maximum Gasteiger partial charge on any atom is 0.0990 e. The summed E-state index contributed by atoms with van der Waals surface area (Å²) in [6.07, 6.45) is 11.3. The molecule has 0 nitrogen and oxygen atoms in total. The standard InChI is InChI=1S/C12H21F/c1-2-3-4-5-6-7-8-12(13)11-9-10-11/h8,11H,2-7,9-10H2,1H3/b12-8-. The van der Waals surface area contributed by atoms with Gasteiger partial charge in [0, 0.05) is 5.92 Å². The SMILES string of the molecule is CCCCCCC/C=C(\F)C1CC1. The van der Waals surface area contributed by atoms with Crippen LogP contribution in [0.4, 0.5) is 4.39 Å². The second kappa shape index (κ2) is 6.17. The molecule has 0 aromatic rings. The Morgan fingerprint density at radius 1 is 1.23 bits per heavy atom. The molecule has 13 heavy (non-hydrogen) atoms. The molecule has 0 aliphatic heterocycles. The fraction of sp³-hybridized carbons (Fsp3) is 0.833. The molecule has 1 saturated carbocycles. The first-order valence-electron chi connectivity index (χ1n) is 5.70. The Morgan fingerprint density at radius 3 is 2.54 bits per heavy atom. The highest BCUT2D eigenvalue weighted by Gasteiger charge is 2.25. The Morgan fingerprint density at radius 2 is 1.92 bits per heavy atom. The lowest BCUT2D eigenvalue weighted by molar-refractivity contribution is 0.565. The van der Waals surface area contributed by atoms with Gasteiger partial charge in [-0.1, -0.05) is 38.7 Å². The second-order valence-electron chi connectivity index (χ2n) is 4.07. The molecule has 1 heteroatoms. The average Bonchev–Trinajstić information content (AvgIpc) is 2.93. The van der Waals surface area contributed by atoms with Crippen LogP contribution < -0.4 is 0 Å². The molecule has 1 fully saturated rings. The van der Waals surface area contributed by atoms with E-state index in [-0.39, 0.29) is 5.83 Å². The van der Waals surface area contributed by atoms with Crippen LogP contribution in [-0.4, -0.2) is 0 Å². The first-order valence-corrected chi connectivity index (χ1v) is 5.70. The van der Waals surface area contributed by atoms with Gasteiger partial charge in [-0.05, 0) is 25.7 Å². The van der Waals surface area contributed by atoms with Crippen molar-refractivity contribution in [2.24, 2.45) is 5.92 Å². The fourth-order valence-electron chi connectivity index (χ4n) is 1.51. The molecular weight excluding hydrogens is 163 g/mol. The monoisotopic (exact) mass is 184 g/mol. The van der Waals surface area contributed by atoms with E-state index in [1.807, 2.05) is 6.08 Å². The lowest BCUT2D eigenvalue weighted by Gasteiger charge is -1.97. The maximum atomic E-state index is 13.0. The summed E-state index contributed by atoms with van der Waals surface area (Å²) in [4.78, 5) is 0. The van der Waals surface area contributed by atoms with Crippen LogP contribution in [0.2, 0.25) is 0 Å². The topological polar surface area (TPSA) is 0 Å². The molecule has 0 bridgehead atoms. The minimum atomic E-state index is 0.162. The first kappa shape index (κ1) is 10.7. The molecule has 1 aliphatic carbocycles. The Bertz CT molecular complexity index is 157. The van der Waals surface area contributed by atoms with Crippen LogP contribution in [0.3, 0.4) is 0 Å². The fourth-order valence-corrected chi connectivity index (χ4v) is 1.51. The molecule has 0 N–H and O–H groups in total. The van der Waals surface area contributed by atoms with Gasteiger partial charge in [0.15, 0.2) is 0 Å². The van der Waals surface area contributed by atoms with Crippen molar-refractivity contribution in [1.82, 2.24) is 0 Å². The molecule has 1 rings (SSSR count). The average molecular weight is 184 g/mol. The zero-order valence-electron chi connectivity index (χ0n) is 8.69. The van der Waals surface area contributed by atoms with Crippen molar-refractivity contribution < 1.29 is 4.39 Å². The molecule has 0 spiro atoms. The van der Waals surface area contributed by atoms with Crippen molar-refractivity contribution in [3.8, 4) is 0 Å². The summed E-state index contributed by atoms with van der Waals surface area (Å²) in [5.74, 6) is 0.478. The lowest BCUT2D eigenvalue weighted by atomic mass is 10.1. The Balaban J connectivity index is 1.90. The number of allylic oxidation sites excluding steroid dienone is 2. The van der Waals surface area contributed by atoms with Crippen LogP contribution in [0.25, 0.3) is 0 Å². The summed E-state index contributed by atoms with van der Waals surface area (Å²) in [5, 5.41) is 0. The summed E-state index contributed by atoms with van der Waals surface area (Å²) >= 11 is 0. The Labute approximate surface area is 81.2 Å². The summed E-state index contributed by atoms with van der Waals surface area (Å²) < 4.78 is 13.0. The molecule has 0 amide bonds. The Hall–Kier alpha value is -0.330. The van der Waals surface area contributed by atoms with E-state index in [1.54, 1.807) is 0 Å². The third-order valence-corrected chi connectivity index (χ3v) is 2.61. The zero-order chi connectivity index (χ0) is 9.52. The number of hydrogen-bond acceptors (Lipinski definition) is 0. The molecule has 1 aliphatic rings. The van der Waals surface area contributed by atoms with E-state index in [0.717, 1.165) is 19.3 Å². The number of rotatable bonds is 7. The third kappa shape index (κ3) is 5.07. The summed E-state index contributed by atoms with van der Waals surface area (Å²) in [7, 11) is 0. The Kier molecular flexibility index (Phi) is 5.10. The number of hydrogen-bond donors (Lipinski definition) is 0. The summed E-state index contributed by atoms with van der Waals surface area (Å²) in [6.45, 7) is 2.21. The molecule has 0 unspecified atom stereocenters. The van der Waals surface area contributed by atoms with Gasteiger partial charge in [0.2, 0.25) is 0 Å². The van der Waals surface area contributed by atoms with Gasteiger partial charge in [-0.15, -0.1) is 0 Å². The predicted octanol–water partition coefficient (Wildman–Crippen LogP) is 4.61. The van der Waals surface area contributed by atoms with Gasteiger partial charge in [0.05, 0.1) is 5.83 Å². The molecular formula is C12H21F. The molecule has 0 aromatic carbocycles. The normalized spacial score (nSPS) is 17.8. The predicted molar refractivity (Wildman–Crippen MR) is 55.3 cm³/mol. The van der Waals surface area contributed by atoms with Crippen molar-refractivity contribution >= 4 is 0 Å². The molecule has 0 saturated heterocycles. The third-order valence-electron chi connectivity index (χ3n) is 2.61. The van der Waals surface area contributed by atoms with E-state index in [1.165, 1.54) is 32.1 Å². The summed E-state index contributed by atoms with van der Waals surface area (Å²) in [6, 6.07) is 0. The highest BCUT2D eigenvalue weighted by Crippen LogP contribution is 2.37. The van der Waals surface area contributed by atoms with Crippen LogP contribution in [0.15, 0.2) is 11.9 Å². The van der Waals surface area contributed by atoms with E-state index >= 15 is 0 Å². The van der Waals surface area contributed by atoms with Gasteiger partial charge in [-0.3, -0.25) is 0 Å². The van der Waals surface area contributed by atoms with Gasteiger partial charge in [0.25, 0.3) is 0 Å². The molecule has 76 valence electrons. The van der Waals surface area contributed by atoms with E-state index < -0.39 is 0 Å². The van der Waals surface area contributed by atoms with Crippen molar-refractivity contribution in [2.75, 3.05) is 0 Å².